The summed E-state index contributed by atoms with van der Waals surface area (Å²) < 4.78 is 0. The van der Waals surface area contributed by atoms with E-state index in [-0.39, 0.29) is 5.54 Å². The van der Waals surface area contributed by atoms with E-state index in [2.05, 4.69) is 39.6 Å². The molecule has 0 rings (SSSR count). The van der Waals surface area contributed by atoms with Gasteiger partial charge in [-0.05, 0) is 20.3 Å². The van der Waals surface area contributed by atoms with Crippen molar-refractivity contribution in [2.24, 2.45) is 16.6 Å². The molecule has 0 spiro atoms. The van der Waals surface area contributed by atoms with Gasteiger partial charge in [-0.15, -0.1) is 0 Å². The zero-order valence-electron chi connectivity index (χ0n) is 9.02. The van der Waals surface area contributed by atoms with E-state index < -0.39 is 0 Å². The smallest absolute Gasteiger partial charge is 0.0969 e. The van der Waals surface area contributed by atoms with Crippen LogP contribution in [0.2, 0.25) is 0 Å². The van der Waals surface area contributed by atoms with Gasteiger partial charge in [0.05, 0.1) is 11.4 Å². The lowest BCUT2D eigenvalue weighted by Gasteiger charge is -2.20. The van der Waals surface area contributed by atoms with Crippen LogP contribution in [-0.4, -0.2) is 11.4 Å². The quantitative estimate of drug-likeness (QED) is 0.511. The van der Waals surface area contributed by atoms with E-state index >= 15 is 0 Å². The van der Waals surface area contributed by atoms with Crippen molar-refractivity contribution in [1.82, 2.24) is 0 Å². The molecule has 0 bridgehead atoms. The van der Waals surface area contributed by atoms with Crippen LogP contribution in [0.4, 0.5) is 0 Å². The monoisotopic (exact) mass is 170 g/mol. The van der Waals surface area contributed by atoms with E-state index in [1.807, 2.05) is 0 Å². The molecule has 0 atom stereocenters. The maximum atomic E-state index is 5.78. The summed E-state index contributed by atoms with van der Waals surface area (Å²) in [6.07, 6.45) is 2.25. The Balaban J connectivity index is 4.28. The molecule has 0 aliphatic rings. The fourth-order valence-electron chi connectivity index (χ4n) is 1.15. The molecule has 0 saturated heterocycles. The molecule has 0 aromatic heterocycles. The summed E-state index contributed by atoms with van der Waals surface area (Å²) >= 11 is 0. The predicted octanol–water partition coefficient (Wildman–Crippen LogP) is 2.58. The molecule has 0 aromatic carbocycles. The fourth-order valence-corrected chi connectivity index (χ4v) is 1.15. The highest BCUT2D eigenvalue weighted by molar-refractivity contribution is 5.82. The number of hydrogen-bond acceptors (Lipinski definition) is 1. The molecule has 2 nitrogen and oxygen atoms in total. The maximum absolute atomic E-state index is 5.78. The van der Waals surface area contributed by atoms with Gasteiger partial charge in [0.1, 0.15) is 0 Å². The Morgan fingerprint density at radius 2 is 1.92 bits per heavy atom. The minimum atomic E-state index is 0.0170. The van der Waals surface area contributed by atoms with E-state index in [0.29, 0.717) is 5.92 Å². The van der Waals surface area contributed by atoms with Crippen molar-refractivity contribution in [3.8, 4) is 0 Å². The highest BCUT2D eigenvalue weighted by Gasteiger charge is 2.15. The van der Waals surface area contributed by atoms with Gasteiger partial charge in [-0.2, -0.15) is 0 Å². The summed E-state index contributed by atoms with van der Waals surface area (Å²) in [5, 5.41) is 0. The van der Waals surface area contributed by atoms with Gasteiger partial charge in [0.25, 0.3) is 0 Å². The standard InChI is InChI=1S/C10H22N2/c1-6-7-10(4,5)12-9(11)8(2)3/h8H,6-7H2,1-5H3,(H2,11,12). The zero-order valence-corrected chi connectivity index (χ0v) is 9.02. The second-order valence-corrected chi connectivity index (χ2v) is 4.25. The molecule has 0 saturated carbocycles. The lowest BCUT2D eigenvalue weighted by Crippen LogP contribution is -2.26. The molecule has 0 aromatic rings. The molecule has 12 heavy (non-hydrogen) atoms. The Morgan fingerprint density at radius 1 is 1.42 bits per heavy atom. The van der Waals surface area contributed by atoms with Crippen molar-refractivity contribution in [3.05, 3.63) is 0 Å². The average Bonchev–Trinajstić information content (AvgIpc) is 1.85. The summed E-state index contributed by atoms with van der Waals surface area (Å²) in [5.74, 6) is 1.13. The van der Waals surface area contributed by atoms with E-state index in [1.165, 1.54) is 0 Å². The van der Waals surface area contributed by atoms with Crippen LogP contribution in [0.25, 0.3) is 0 Å². The highest BCUT2D eigenvalue weighted by Crippen LogP contribution is 2.16. The first kappa shape index (κ1) is 11.5. The van der Waals surface area contributed by atoms with Gasteiger partial charge in [0, 0.05) is 5.92 Å². The van der Waals surface area contributed by atoms with E-state index in [9.17, 15) is 0 Å². The number of nitrogens with two attached hydrogens (primary N) is 1. The lowest BCUT2D eigenvalue weighted by molar-refractivity contribution is 0.470. The molecule has 2 N–H and O–H groups in total. The van der Waals surface area contributed by atoms with Gasteiger partial charge in [-0.25, -0.2) is 0 Å². The third-order valence-corrected chi connectivity index (χ3v) is 1.89. The van der Waals surface area contributed by atoms with Crippen LogP contribution in [0, 0.1) is 5.92 Å². The highest BCUT2D eigenvalue weighted by atomic mass is 14.9. The zero-order chi connectivity index (χ0) is 9.78. The van der Waals surface area contributed by atoms with Crippen LogP contribution < -0.4 is 5.73 Å². The van der Waals surface area contributed by atoms with Crippen molar-refractivity contribution < 1.29 is 0 Å². The molecule has 0 amide bonds. The number of aliphatic imine (C=N–C) groups is 1. The molecule has 2 heteroatoms. The summed E-state index contributed by atoms with van der Waals surface area (Å²) in [6, 6.07) is 0. The molecule has 0 radical (unpaired) electrons. The number of nitrogens with zero attached hydrogens (tertiary/aromatic N) is 1. The van der Waals surface area contributed by atoms with Gasteiger partial charge in [0.15, 0.2) is 0 Å². The third kappa shape index (κ3) is 4.37. The Labute approximate surface area is 76.3 Å². The summed E-state index contributed by atoms with van der Waals surface area (Å²) in [7, 11) is 0. The van der Waals surface area contributed by atoms with Gasteiger partial charge < -0.3 is 5.73 Å². The van der Waals surface area contributed by atoms with Gasteiger partial charge in [-0.1, -0.05) is 27.2 Å². The van der Waals surface area contributed by atoms with Gasteiger partial charge in [-0.3, -0.25) is 4.99 Å². The second kappa shape index (κ2) is 4.48. The van der Waals surface area contributed by atoms with E-state index in [4.69, 9.17) is 5.73 Å². The second-order valence-electron chi connectivity index (χ2n) is 4.25. The van der Waals surface area contributed by atoms with Gasteiger partial charge in [0.2, 0.25) is 0 Å². The minimum Gasteiger partial charge on any atom is -0.387 e. The molecule has 0 aliphatic carbocycles. The minimum absolute atomic E-state index is 0.0170. The topological polar surface area (TPSA) is 38.4 Å². The van der Waals surface area contributed by atoms with Crippen LogP contribution in [0.15, 0.2) is 4.99 Å². The maximum Gasteiger partial charge on any atom is 0.0969 e. The van der Waals surface area contributed by atoms with Crippen LogP contribution in [0.1, 0.15) is 47.5 Å². The Kier molecular flexibility index (Phi) is 4.29. The Bertz CT molecular complexity index is 157. The van der Waals surface area contributed by atoms with Crippen LogP contribution in [0.5, 0.6) is 0 Å². The summed E-state index contributed by atoms with van der Waals surface area (Å²) in [4.78, 5) is 4.49. The Morgan fingerprint density at radius 3 is 2.25 bits per heavy atom. The average molecular weight is 170 g/mol. The van der Waals surface area contributed by atoms with Crippen molar-refractivity contribution in [3.63, 3.8) is 0 Å². The van der Waals surface area contributed by atoms with Crippen molar-refractivity contribution in [1.29, 1.82) is 0 Å². The first-order chi connectivity index (χ1) is 5.39. The van der Waals surface area contributed by atoms with Gasteiger partial charge >= 0.3 is 0 Å². The molecule has 0 unspecified atom stereocenters. The molecule has 72 valence electrons. The number of rotatable bonds is 4. The van der Waals surface area contributed by atoms with Crippen LogP contribution >= 0.6 is 0 Å². The number of hydrogen-bond donors (Lipinski definition) is 1. The lowest BCUT2D eigenvalue weighted by atomic mass is 9.99. The largest absolute Gasteiger partial charge is 0.387 e. The number of amidine groups is 1. The van der Waals surface area contributed by atoms with Crippen molar-refractivity contribution >= 4 is 5.84 Å². The molecular formula is C10H22N2. The summed E-state index contributed by atoms with van der Waals surface area (Å²) in [5.41, 5.74) is 5.80. The van der Waals surface area contributed by atoms with Crippen molar-refractivity contribution in [2.45, 2.75) is 53.0 Å². The van der Waals surface area contributed by atoms with Crippen LogP contribution in [0.3, 0.4) is 0 Å². The Hall–Kier alpha value is -0.530. The first-order valence-corrected chi connectivity index (χ1v) is 4.74. The molecule has 0 fully saturated rings. The van der Waals surface area contributed by atoms with Crippen LogP contribution in [-0.2, 0) is 0 Å². The third-order valence-electron chi connectivity index (χ3n) is 1.89. The summed E-state index contributed by atoms with van der Waals surface area (Å²) in [6.45, 7) is 10.6. The molecule has 0 aliphatic heterocycles. The molecular weight excluding hydrogens is 148 g/mol. The predicted molar refractivity (Wildman–Crippen MR) is 55.4 cm³/mol. The van der Waals surface area contributed by atoms with Crippen molar-refractivity contribution in [2.75, 3.05) is 0 Å². The molecule has 0 heterocycles. The normalized spacial score (nSPS) is 14.0. The first-order valence-electron chi connectivity index (χ1n) is 4.74. The fraction of sp³-hybridized carbons (Fsp3) is 0.900. The van der Waals surface area contributed by atoms with E-state index in [1.54, 1.807) is 0 Å². The SMILES string of the molecule is CCCC(C)(C)N=C(N)C(C)C. The van der Waals surface area contributed by atoms with E-state index in [0.717, 1.165) is 18.7 Å².